The molecule has 3 aromatic rings. The molecule has 2 heterocycles. The third kappa shape index (κ3) is 3.75. The minimum Gasteiger partial charge on any atom is -0.312 e. The number of aromatic amines is 1. The van der Waals surface area contributed by atoms with Crippen LogP contribution in [0.3, 0.4) is 0 Å². The van der Waals surface area contributed by atoms with E-state index in [-0.39, 0.29) is 0 Å². The lowest BCUT2D eigenvalue weighted by molar-refractivity contribution is 0.601. The van der Waals surface area contributed by atoms with E-state index in [0.29, 0.717) is 17.1 Å². The van der Waals surface area contributed by atoms with Gasteiger partial charge in [0.2, 0.25) is 0 Å². The van der Waals surface area contributed by atoms with Crippen molar-refractivity contribution < 1.29 is 8.42 Å². The first-order chi connectivity index (χ1) is 12.3. The molecule has 3 rings (SSSR count). The summed E-state index contributed by atoms with van der Waals surface area (Å²) in [4.78, 5) is 11.1. The van der Waals surface area contributed by atoms with Crippen LogP contribution in [0.15, 0.2) is 41.4 Å². The second kappa shape index (κ2) is 6.87. The van der Waals surface area contributed by atoms with Crippen molar-refractivity contribution in [2.24, 2.45) is 0 Å². The molecule has 0 aliphatic carbocycles. The zero-order valence-corrected chi connectivity index (χ0v) is 16.0. The fourth-order valence-electron chi connectivity index (χ4n) is 2.64. The Morgan fingerprint density at radius 3 is 2.62 bits per heavy atom. The van der Waals surface area contributed by atoms with Crippen molar-refractivity contribution in [1.82, 2.24) is 20.2 Å². The van der Waals surface area contributed by atoms with Crippen LogP contribution in [0.4, 0.5) is 11.6 Å². The zero-order chi connectivity index (χ0) is 18.9. The van der Waals surface area contributed by atoms with Crippen LogP contribution in [0.1, 0.15) is 22.6 Å². The number of rotatable bonds is 5. The molecule has 0 saturated heterocycles. The fraction of sp³-hybridized carbons (Fsp3) is 0.278. The van der Waals surface area contributed by atoms with Crippen LogP contribution >= 0.6 is 0 Å². The van der Waals surface area contributed by atoms with Crippen molar-refractivity contribution in [2.45, 2.75) is 25.2 Å². The number of anilines is 2. The van der Waals surface area contributed by atoms with Gasteiger partial charge in [-0.15, -0.1) is 0 Å². The minimum atomic E-state index is -3.24. The third-order valence-electron chi connectivity index (χ3n) is 4.27. The smallest absolute Gasteiger partial charge is 0.175 e. The molecular formula is C18H21N5O2S. The first kappa shape index (κ1) is 18.1. The summed E-state index contributed by atoms with van der Waals surface area (Å²) >= 11 is 0. The first-order valence-corrected chi connectivity index (χ1v) is 10.0. The van der Waals surface area contributed by atoms with E-state index < -0.39 is 9.84 Å². The molecule has 0 atom stereocenters. The Bertz CT molecular complexity index is 1040. The van der Waals surface area contributed by atoms with Gasteiger partial charge in [0, 0.05) is 37.2 Å². The van der Waals surface area contributed by atoms with E-state index in [1.807, 2.05) is 37.9 Å². The molecule has 1 N–H and O–H groups in total. The Balaban J connectivity index is 1.87. The summed E-state index contributed by atoms with van der Waals surface area (Å²) in [5.74, 6) is 2.15. The van der Waals surface area contributed by atoms with Crippen LogP contribution in [0.25, 0.3) is 0 Å². The van der Waals surface area contributed by atoms with Crippen molar-refractivity contribution in [2.75, 3.05) is 18.2 Å². The van der Waals surface area contributed by atoms with Gasteiger partial charge in [-0.3, -0.25) is 5.10 Å². The zero-order valence-electron chi connectivity index (χ0n) is 15.2. The highest BCUT2D eigenvalue weighted by Crippen LogP contribution is 2.24. The van der Waals surface area contributed by atoms with Gasteiger partial charge in [0.1, 0.15) is 11.6 Å². The first-order valence-electron chi connectivity index (χ1n) is 8.12. The van der Waals surface area contributed by atoms with Gasteiger partial charge < -0.3 is 4.90 Å². The van der Waals surface area contributed by atoms with Gasteiger partial charge in [0.05, 0.1) is 4.90 Å². The van der Waals surface area contributed by atoms with E-state index in [1.165, 1.54) is 6.26 Å². The van der Waals surface area contributed by atoms with Crippen LogP contribution < -0.4 is 4.90 Å². The quantitative estimate of drug-likeness (QED) is 0.741. The number of nitrogens with one attached hydrogen (secondary N) is 1. The lowest BCUT2D eigenvalue weighted by Gasteiger charge is -2.17. The van der Waals surface area contributed by atoms with E-state index in [0.717, 1.165) is 28.5 Å². The van der Waals surface area contributed by atoms with Crippen LogP contribution in [-0.2, 0) is 16.3 Å². The molecule has 0 bridgehead atoms. The van der Waals surface area contributed by atoms with E-state index in [9.17, 15) is 8.42 Å². The standard InChI is InChI=1S/C18H21N5O2S/c1-12-13(2)21-22-18(12)23(3)17-8-9-19-16(20-17)11-14-6-5-7-15(10-14)26(4,24)25/h5-10H,11H2,1-4H3,(H,21,22). The third-order valence-corrected chi connectivity index (χ3v) is 5.38. The number of nitrogens with zero attached hydrogens (tertiary/aromatic N) is 4. The van der Waals surface area contributed by atoms with E-state index in [1.54, 1.807) is 24.4 Å². The lowest BCUT2D eigenvalue weighted by atomic mass is 10.1. The van der Waals surface area contributed by atoms with Gasteiger partial charge in [0.15, 0.2) is 15.7 Å². The molecule has 0 aliphatic heterocycles. The summed E-state index contributed by atoms with van der Waals surface area (Å²) in [6, 6.07) is 8.68. The molecular weight excluding hydrogens is 350 g/mol. The average molecular weight is 371 g/mol. The Morgan fingerprint density at radius 1 is 1.19 bits per heavy atom. The summed E-state index contributed by atoms with van der Waals surface area (Å²) in [6.45, 7) is 3.98. The Kier molecular flexibility index (Phi) is 4.78. The summed E-state index contributed by atoms with van der Waals surface area (Å²) in [5.41, 5.74) is 2.92. The maximum atomic E-state index is 11.7. The van der Waals surface area contributed by atoms with Gasteiger partial charge >= 0.3 is 0 Å². The molecule has 0 saturated carbocycles. The Hall–Kier alpha value is -2.74. The predicted molar refractivity (Wildman–Crippen MR) is 101 cm³/mol. The fourth-order valence-corrected chi connectivity index (χ4v) is 3.33. The lowest BCUT2D eigenvalue weighted by Crippen LogP contribution is -2.14. The molecule has 7 nitrogen and oxygen atoms in total. The predicted octanol–water partition coefficient (Wildman–Crippen LogP) is 2.58. The molecule has 0 fully saturated rings. The van der Waals surface area contributed by atoms with Gasteiger partial charge in [0.25, 0.3) is 0 Å². The van der Waals surface area contributed by atoms with Crippen molar-refractivity contribution >= 4 is 21.5 Å². The number of aromatic nitrogens is 4. The highest BCUT2D eigenvalue weighted by Gasteiger charge is 2.14. The molecule has 0 unspecified atom stereocenters. The minimum absolute atomic E-state index is 0.297. The van der Waals surface area contributed by atoms with E-state index in [2.05, 4.69) is 20.2 Å². The highest BCUT2D eigenvalue weighted by atomic mass is 32.2. The van der Waals surface area contributed by atoms with E-state index in [4.69, 9.17) is 0 Å². The average Bonchev–Trinajstić information content (AvgIpc) is 2.93. The number of H-pyrrole nitrogens is 1. The summed E-state index contributed by atoms with van der Waals surface area (Å²) in [7, 11) is -1.34. The van der Waals surface area contributed by atoms with Crippen molar-refractivity contribution in [3.63, 3.8) is 0 Å². The van der Waals surface area contributed by atoms with Gasteiger partial charge in [-0.2, -0.15) is 5.10 Å². The molecule has 8 heteroatoms. The Labute approximate surface area is 153 Å². The molecule has 0 spiro atoms. The van der Waals surface area contributed by atoms with Gasteiger partial charge in [-0.25, -0.2) is 18.4 Å². The van der Waals surface area contributed by atoms with Crippen LogP contribution in [-0.4, -0.2) is 41.9 Å². The number of sulfone groups is 1. The van der Waals surface area contributed by atoms with Crippen molar-refractivity contribution in [3.8, 4) is 0 Å². The van der Waals surface area contributed by atoms with Crippen molar-refractivity contribution in [1.29, 1.82) is 0 Å². The van der Waals surface area contributed by atoms with Crippen LogP contribution in [0.2, 0.25) is 0 Å². The largest absolute Gasteiger partial charge is 0.312 e. The SMILES string of the molecule is Cc1[nH]nc(N(C)c2ccnc(Cc3cccc(S(C)(=O)=O)c3)n2)c1C. The van der Waals surface area contributed by atoms with Crippen molar-refractivity contribution in [3.05, 3.63) is 59.2 Å². The second-order valence-electron chi connectivity index (χ2n) is 6.28. The van der Waals surface area contributed by atoms with Gasteiger partial charge in [-0.05, 0) is 37.6 Å². The van der Waals surface area contributed by atoms with Crippen LogP contribution in [0, 0.1) is 13.8 Å². The van der Waals surface area contributed by atoms with Gasteiger partial charge in [-0.1, -0.05) is 12.1 Å². The summed E-state index contributed by atoms with van der Waals surface area (Å²) in [5, 5.41) is 7.29. The molecule has 0 radical (unpaired) electrons. The highest BCUT2D eigenvalue weighted by molar-refractivity contribution is 7.90. The van der Waals surface area contributed by atoms with Crippen LogP contribution in [0.5, 0.6) is 0 Å². The maximum absolute atomic E-state index is 11.7. The molecule has 2 aromatic heterocycles. The monoisotopic (exact) mass is 371 g/mol. The normalized spacial score (nSPS) is 11.5. The maximum Gasteiger partial charge on any atom is 0.175 e. The Morgan fingerprint density at radius 2 is 1.96 bits per heavy atom. The second-order valence-corrected chi connectivity index (χ2v) is 8.30. The number of hydrogen-bond donors (Lipinski definition) is 1. The van der Waals surface area contributed by atoms with E-state index >= 15 is 0 Å². The molecule has 0 aliphatic rings. The molecule has 1 aromatic carbocycles. The molecule has 26 heavy (non-hydrogen) atoms. The number of hydrogen-bond acceptors (Lipinski definition) is 6. The summed E-state index contributed by atoms with van der Waals surface area (Å²) in [6.07, 6.45) is 3.35. The number of aryl methyl sites for hydroxylation is 1. The molecule has 136 valence electrons. The summed E-state index contributed by atoms with van der Waals surface area (Å²) < 4.78 is 23.4. The number of benzene rings is 1. The topological polar surface area (TPSA) is 91.8 Å². The molecule has 0 amide bonds.